The molecule has 0 bridgehead atoms. The van der Waals surface area contributed by atoms with Crippen LogP contribution >= 0.6 is 0 Å². The van der Waals surface area contributed by atoms with Gasteiger partial charge in [-0.3, -0.25) is 4.79 Å². The largest absolute Gasteiger partial charge is 0.316 e. The maximum atomic E-state index is 12.9. The molecule has 3 heteroatoms. The fourth-order valence-corrected chi connectivity index (χ4v) is 1.94. The van der Waals surface area contributed by atoms with E-state index in [0.717, 1.165) is 18.7 Å². The number of carbonyl (C=O) groups is 1. The second-order valence-corrected chi connectivity index (χ2v) is 3.95. The van der Waals surface area contributed by atoms with Crippen LogP contribution in [0.5, 0.6) is 0 Å². The SMILES string of the molecule is O=C1CCNCC1Cc1cccc(F)c1. The van der Waals surface area contributed by atoms with Crippen molar-refractivity contribution in [1.29, 1.82) is 0 Å². The molecule has 1 N–H and O–H groups in total. The molecule has 1 heterocycles. The van der Waals surface area contributed by atoms with Gasteiger partial charge < -0.3 is 5.32 Å². The summed E-state index contributed by atoms with van der Waals surface area (Å²) in [6.45, 7) is 1.49. The van der Waals surface area contributed by atoms with Crippen molar-refractivity contribution in [2.24, 2.45) is 5.92 Å². The van der Waals surface area contributed by atoms with Crippen molar-refractivity contribution in [2.75, 3.05) is 13.1 Å². The Morgan fingerprint density at radius 2 is 2.33 bits per heavy atom. The van der Waals surface area contributed by atoms with E-state index in [-0.39, 0.29) is 17.5 Å². The summed E-state index contributed by atoms with van der Waals surface area (Å²) < 4.78 is 12.9. The van der Waals surface area contributed by atoms with E-state index in [9.17, 15) is 9.18 Å². The van der Waals surface area contributed by atoms with Crippen molar-refractivity contribution < 1.29 is 9.18 Å². The van der Waals surface area contributed by atoms with Crippen LogP contribution in [-0.2, 0) is 11.2 Å². The molecule has 1 saturated heterocycles. The lowest BCUT2D eigenvalue weighted by Crippen LogP contribution is -2.37. The molecule has 0 spiro atoms. The molecule has 1 aromatic carbocycles. The predicted molar refractivity (Wildman–Crippen MR) is 56.1 cm³/mol. The normalized spacial score (nSPS) is 21.7. The predicted octanol–water partition coefficient (Wildman–Crippen LogP) is 1.55. The number of Topliss-reactive ketones (excluding diaryl/α,β-unsaturated/α-hetero) is 1. The summed E-state index contributed by atoms with van der Waals surface area (Å²) in [6, 6.07) is 6.47. The van der Waals surface area contributed by atoms with Crippen LogP contribution in [0.2, 0.25) is 0 Å². The van der Waals surface area contributed by atoms with E-state index >= 15 is 0 Å². The molecule has 2 nitrogen and oxygen atoms in total. The number of halogens is 1. The van der Waals surface area contributed by atoms with E-state index < -0.39 is 0 Å². The summed E-state index contributed by atoms with van der Waals surface area (Å²) in [7, 11) is 0. The van der Waals surface area contributed by atoms with Gasteiger partial charge in [-0.25, -0.2) is 4.39 Å². The van der Waals surface area contributed by atoms with E-state index in [1.54, 1.807) is 6.07 Å². The van der Waals surface area contributed by atoms with Crippen LogP contribution in [-0.4, -0.2) is 18.9 Å². The molecule has 2 rings (SSSR count). The van der Waals surface area contributed by atoms with Crippen molar-refractivity contribution >= 4 is 5.78 Å². The van der Waals surface area contributed by atoms with E-state index in [0.29, 0.717) is 12.8 Å². The number of carbonyl (C=O) groups excluding carboxylic acids is 1. The maximum Gasteiger partial charge on any atom is 0.138 e. The van der Waals surface area contributed by atoms with Crippen molar-refractivity contribution in [3.05, 3.63) is 35.6 Å². The van der Waals surface area contributed by atoms with Crippen LogP contribution in [0, 0.1) is 11.7 Å². The number of ketones is 1. The number of nitrogens with one attached hydrogen (secondary N) is 1. The lowest BCUT2D eigenvalue weighted by atomic mass is 9.91. The van der Waals surface area contributed by atoms with Crippen molar-refractivity contribution in [1.82, 2.24) is 5.32 Å². The summed E-state index contributed by atoms with van der Waals surface area (Å²) >= 11 is 0. The number of rotatable bonds is 2. The molecule has 1 aliphatic heterocycles. The Labute approximate surface area is 88.5 Å². The summed E-state index contributed by atoms with van der Waals surface area (Å²) in [6.07, 6.45) is 1.24. The van der Waals surface area contributed by atoms with E-state index in [4.69, 9.17) is 0 Å². The molecule has 1 aromatic rings. The van der Waals surface area contributed by atoms with Crippen LogP contribution in [0.4, 0.5) is 4.39 Å². The van der Waals surface area contributed by atoms with Crippen molar-refractivity contribution in [2.45, 2.75) is 12.8 Å². The van der Waals surface area contributed by atoms with Crippen LogP contribution in [0.3, 0.4) is 0 Å². The molecule has 0 saturated carbocycles. The lowest BCUT2D eigenvalue weighted by Gasteiger charge is -2.21. The fraction of sp³-hybridized carbons (Fsp3) is 0.417. The average molecular weight is 207 g/mol. The zero-order valence-electron chi connectivity index (χ0n) is 8.50. The number of benzene rings is 1. The molecular weight excluding hydrogens is 193 g/mol. The highest BCUT2D eigenvalue weighted by atomic mass is 19.1. The van der Waals surface area contributed by atoms with Crippen LogP contribution in [0.1, 0.15) is 12.0 Å². The Morgan fingerprint density at radius 1 is 1.47 bits per heavy atom. The Kier molecular flexibility index (Phi) is 3.11. The summed E-state index contributed by atoms with van der Waals surface area (Å²) in [4.78, 5) is 11.5. The smallest absolute Gasteiger partial charge is 0.138 e. The quantitative estimate of drug-likeness (QED) is 0.797. The lowest BCUT2D eigenvalue weighted by molar-refractivity contribution is -0.123. The molecule has 1 fully saturated rings. The van der Waals surface area contributed by atoms with Gasteiger partial charge in [-0.2, -0.15) is 0 Å². The molecule has 0 aromatic heterocycles. The molecule has 1 aliphatic rings. The Bertz CT molecular complexity index is 364. The minimum Gasteiger partial charge on any atom is -0.316 e. The van der Waals surface area contributed by atoms with Crippen LogP contribution in [0.15, 0.2) is 24.3 Å². The first kappa shape index (κ1) is 10.3. The number of hydrogen-bond donors (Lipinski definition) is 1. The van der Waals surface area contributed by atoms with Crippen molar-refractivity contribution in [3.63, 3.8) is 0 Å². The topological polar surface area (TPSA) is 29.1 Å². The second-order valence-electron chi connectivity index (χ2n) is 3.95. The first-order valence-corrected chi connectivity index (χ1v) is 5.23. The zero-order chi connectivity index (χ0) is 10.7. The zero-order valence-corrected chi connectivity index (χ0v) is 8.50. The minimum atomic E-state index is -0.233. The summed E-state index contributed by atoms with van der Waals surface area (Å²) in [5, 5.41) is 3.19. The van der Waals surface area contributed by atoms with Gasteiger partial charge in [0.15, 0.2) is 0 Å². The van der Waals surface area contributed by atoms with Crippen molar-refractivity contribution in [3.8, 4) is 0 Å². The van der Waals surface area contributed by atoms with Gasteiger partial charge in [0.05, 0.1) is 0 Å². The molecule has 1 atom stereocenters. The maximum absolute atomic E-state index is 12.9. The molecule has 0 radical (unpaired) electrons. The third kappa shape index (κ3) is 2.63. The van der Waals surface area contributed by atoms with Gasteiger partial charge in [0, 0.05) is 25.4 Å². The molecule has 15 heavy (non-hydrogen) atoms. The van der Waals surface area contributed by atoms with Gasteiger partial charge in [0.1, 0.15) is 11.6 Å². The van der Waals surface area contributed by atoms with Gasteiger partial charge in [-0.15, -0.1) is 0 Å². The standard InChI is InChI=1S/C12H14FNO/c13-11-3-1-2-9(7-11)6-10-8-14-5-4-12(10)15/h1-3,7,10,14H,4-6,8H2. The number of hydrogen-bond acceptors (Lipinski definition) is 2. The van der Waals surface area contributed by atoms with Gasteiger partial charge in [0.25, 0.3) is 0 Å². The molecule has 0 aliphatic carbocycles. The van der Waals surface area contributed by atoms with Gasteiger partial charge >= 0.3 is 0 Å². The molecule has 80 valence electrons. The third-order valence-electron chi connectivity index (χ3n) is 2.77. The summed E-state index contributed by atoms with van der Waals surface area (Å²) in [5.41, 5.74) is 0.900. The second kappa shape index (κ2) is 4.53. The Balaban J connectivity index is 2.04. The first-order chi connectivity index (χ1) is 7.25. The van der Waals surface area contributed by atoms with Gasteiger partial charge in [-0.1, -0.05) is 12.1 Å². The van der Waals surface area contributed by atoms with Crippen LogP contribution in [0.25, 0.3) is 0 Å². The Morgan fingerprint density at radius 3 is 3.07 bits per heavy atom. The molecule has 0 amide bonds. The van der Waals surface area contributed by atoms with Gasteiger partial charge in [-0.05, 0) is 24.1 Å². The average Bonchev–Trinajstić information content (AvgIpc) is 2.22. The summed E-state index contributed by atoms with van der Waals surface area (Å²) in [5.74, 6) is 0.0716. The first-order valence-electron chi connectivity index (χ1n) is 5.23. The van der Waals surface area contributed by atoms with E-state index in [1.807, 2.05) is 6.07 Å². The monoisotopic (exact) mass is 207 g/mol. The molecule has 1 unspecified atom stereocenters. The highest BCUT2D eigenvalue weighted by Gasteiger charge is 2.21. The van der Waals surface area contributed by atoms with E-state index in [1.165, 1.54) is 12.1 Å². The van der Waals surface area contributed by atoms with Crippen LogP contribution < -0.4 is 5.32 Å². The van der Waals surface area contributed by atoms with E-state index in [2.05, 4.69) is 5.32 Å². The molecular formula is C12H14FNO. The Hall–Kier alpha value is -1.22. The highest BCUT2D eigenvalue weighted by Crippen LogP contribution is 2.14. The minimum absolute atomic E-state index is 0.0144. The highest BCUT2D eigenvalue weighted by molar-refractivity contribution is 5.82. The number of piperidine rings is 1. The third-order valence-corrected chi connectivity index (χ3v) is 2.77. The van der Waals surface area contributed by atoms with Gasteiger partial charge in [0.2, 0.25) is 0 Å². The fourth-order valence-electron chi connectivity index (χ4n) is 1.94.